The van der Waals surface area contributed by atoms with Crippen molar-refractivity contribution in [2.75, 3.05) is 19.8 Å². The van der Waals surface area contributed by atoms with Crippen molar-refractivity contribution in [2.24, 2.45) is 0 Å². The van der Waals surface area contributed by atoms with Crippen molar-refractivity contribution < 1.29 is 49.0 Å². The average Bonchev–Trinajstić information content (AvgIpc) is 3.27. The Balaban J connectivity index is 2.31. The Kier molecular flexibility index (Phi) is 39.2. The molecule has 0 spiro atoms. The van der Waals surface area contributed by atoms with E-state index < -0.39 is 49.4 Å². The van der Waals surface area contributed by atoms with E-state index in [0.29, 0.717) is 6.42 Å². The normalized spacial score (nSPS) is 20.1. The summed E-state index contributed by atoms with van der Waals surface area (Å²) in [5.74, 6) is -0.841. The highest BCUT2D eigenvalue weighted by atomic mass is 16.7. The van der Waals surface area contributed by atoms with Gasteiger partial charge in [-0.15, -0.1) is 0 Å². The van der Waals surface area contributed by atoms with Crippen molar-refractivity contribution in [3.63, 3.8) is 0 Å². The fraction of sp³-hybridized carbons (Fsp3) is 0.769. The number of ether oxygens (including phenoxy) is 4. The predicted molar refractivity (Wildman–Crippen MR) is 251 cm³/mol. The number of aliphatic hydroxyl groups is 4. The Bertz CT molecular complexity index is 1190. The molecule has 0 aromatic rings. The zero-order valence-electron chi connectivity index (χ0n) is 39.1. The van der Waals surface area contributed by atoms with E-state index in [-0.39, 0.29) is 32.0 Å². The van der Waals surface area contributed by atoms with Gasteiger partial charge in [-0.1, -0.05) is 190 Å². The molecule has 0 amide bonds. The SMILES string of the molecule is CC/C=C/C/C=C/C/C=C/C/C=C/C/C=C/CCCCCC(=O)O[C@@H](COC(=O)CCCCCCCCCCCCCCCCCCCC)CO[C@H]1O[C@@H](CO)[C@@H](O)C(O)C1O. The van der Waals surface area contributed by atoms with E-state index in [1.807, 2.05) is 0 Å². The smallest absolute Gasteiger partial charge is 0.306 e. The molecule has 1 saturated heterocycles. The number of rotatable bonds is 41. The zero-order chi connectivity index (χ0) is 45.1. The molecule has 1 aliphatic heterocycles. The lowest BCUT2D eigenvalue weighted by Crippen LogP contribution is -2.59. The lowest BCUT2D eigenvalue weighted by molar-refractivity contribution is -0.305. The Morgan fingerprint density at radius 3 is 1.44 bits per heavy atom. The average molecular weight is 875 g/mol. The molecular formula is C52H90O10. The monoisotopic (exact) mass is 875 g/mol. The van der Waals surface area contributed by atoms with Crippen LogP contribution in [0.15, 0.2) is 60.8 Å². The predicted octanol–water partition coefficient (Wildman–Crippen LogP) is 11.4. The van der Waals surface area contributed by atoms with Crippen molar-refractivity contribution in [3.05, 3.63) is 60.8 Å². The summed E-state index contributed by atoms with van der Waals surface area (Å²) in [6, 6.07) is 0. The van der Waals surface area contributed by atoms with Crippen LogP contribution in [-0.2, 0) is 28.5 Å². The van der Waals surface area contributed by atoms with Crippen molar-refractivity contribution in [3.8, 4) is 0 Å². The van der Waals surface area contributed by atoms with E-state index in [2.05, 4.69) is 74.6 Å². The maximum absolute atomic E-state index is 12.8. The third-order valence-electron chi connectivity index (χ3n) is 11.2. The number of carbonyl (C=O) groups is 2. The summed E-state index contributed by atoms with van der Waals surface area (Å²) < 4.78 is 22.2. The first-order valence-corrected chi connectivity index (χ1v) is 24.9. The van der Waals surface area contributed by atoms with Crippen LogP contribution in [0, 0.1) is 0 Å². The number of hydrogen-bond acceptors (Lipinski definition) is 10. The standard InChI is InChI=1S/C52H90O10/c1-3-5-7-9-11-13-15-17-19-21-23-25-27-29-31-33-35-37-39-41-48(55)61-45(44-60-52-51(58)50(57)49(56)46(42-53)62-52)43-59-47(54)40-38-36-34-32-30-28-26-24-22-20-18-16-14-12-10-8-6-4-2/h5,7,11,13,17,19,23,25,29,31,45-46,49-53,56-58H,3-4,6,8-10,12,14-16,18,20-22,24,26-28,30,32-44H2,1-2H3/b7-5+,13-11+,19-17+,25-23+,31-29+/t45-,46-,49+,50?,51?,52-/m0/s1. The molecule has 0 saturated carbocycles. The van der Waals surface area contributed by atoms with Crippen LogP contribution in [0.1, 0.15) is 200 Å². The van der Waals surface area contributed by atoms with Crippen LogP contribution in [0.2, 0.25) is 0 Å². The summed E-state index contributed by atoms with van der Waals surface area (Å²) in [7, 11) is 0. The number of carbonyl (C=O) groups excluding carboxylic acids is 2. The summed E-state index contributed by atoms with van der Waals surface area (Å²) in [4.78, 5) is 25.4. The second-order valence-electron chi connectivity index (χ2n) is 16.9. The minimum Gasteiger partial charge on any atom is -0.462 e. The van der Waals surface area contributed by atoms with Crippen LogP contribution in [-0.4, -0.2) is 89.0 Å². The molecular weight excluding hydrogens is 785 g/mol. The molecule has 6 atom stereocenters. The van der Waals surface area contributed by atoms with E-state index in [0.717, 1.165) is 70.6 Å². The highest BCUT2D eigenvalue weighted by molar-refractivity contribution is 5.70. The number of unbranched alkanes of at least 4 members (excludes halogenated alkanes) is 20. The van der Waals surface area contributed by atoms with Gasteiger partial charge in [0.25, 0.3) is 0 Å². The second-order valence-corrected chi connectivity index (χ2v) is 16.9. The first kappa shape index (κ1) is 57.4. The minimum atomic E-state index is -1.60. The molecule has 358 valence electrons. The van der Waals surface area contributed by atoms with Crippen LogP contribution < -0.4 is 0 Å². The van der Waals surface area contributed by atoms with E-state index in [1.165, 1.54) is 96.3 Å². The van der Waals surface area contributed by atoms with Crippen molar-refractivity contribution in [2.45, 2.75) is 237 Å². The van der Waals surface area contributed by atoms with Gasteiger partial charge in [0.05, 0.1) is 13.2 Å². The Morgan fingerprint density at radius 2 is 0.952 bits per heavy atom. The van der Waals surface area contributed by atoms with Gasteiger partial charge in [0.15, 0.2) is 12.4 Å². The maximum Gasteiger partial charge on any atom is 0.306 e. The molecule has 62 heavy (non-hydrogen) atoms. The third kappa shape index (κ3) is 33.0. The van der Waals surface area contributed by atoms with Crippen LogP contribution in [0.4, 0.5) is 0 Å². The third-order valence-corrected chi connectivity index (χ3v) is 11.2. The fourth-order valence-corrected chi connectivity index (χ4v) is 7.27. The highest BCUT2D eigenvalue weighted by Gasteiger charge is 2.44. The van der Waals surface area contributed by atoms with Gasteiger partial charge in [-0.25, -0.2) is 0 Å². The summed E-state index contributed by atoms with van der Waals surface area (Å²) >= 11 is 0. The molecule has 0 bridgehead atoms. The molecule has 1 rings (SSSR count). The van der Waals surface area contributed by atoms with Gasteiger partial charge >= 0.3 is 11.9 Å². The number of aliphatic hydroxyl groups excluding tert-OH is 4. The number of allylic oxidation sites excluding steroid dienone is 10. The quantitative estimate of drug-likeness (QED) is 0.0265. The largest absolute Gasteiger partial charge is 0.462 e. The minimum absolute atomic E-state index is 0.190. The molecule has 1 fully saturated rings. The second kappa shape index (κ2) is 42.4. The Morgan fingerprint density at radius 1 is 0.516 bits per heavy atom. The molecule has 2 unspecified atom stereocenters. The molecule has 10 nitrogen and oxygen atoms in total. The van der Waals surface area contributed by atoms with Crippen LogP contribution in [0.3, 0.4) is 0 Å². The van der Waals surface area contributed by atoms with Gasteiger partial charge in [0.2, 0.25) is 0 Å². The van der Waals surface area contributed by atoms with E-state index in [4.69, 9.17) is 18.9 Å². The topological polar surface area (TPSA) is 152 Å². The zero-order valence-corrected chi connectivity index (χ0v) is 39.1. The summed E-state index contributed by atoms with van der Waals surface area (Å²) in [5.41, 5.74) is 0. The van der Waals surface area contributed by atoms with Gasteiger partial charge < -0.3 is 39.4 Å². The molecule has 1 aliphatic rings. The molecule has 0 aliphatic carbocycles. The van der Waals surface area contributed by atoms with E-state index in [1.54, 1.807) is 0 Å². The highest BCUT2D eigenvalue weighted by Crippen LogP contribution is 2.23. The molecule has 4 N–H and O–H groups in total. The van der Waals surface area contributed by atoms with Gasteiger partial charge in [-0.05, 0) is 57.8 Å². The fourth-order valence-electron chi connectivity index (χ4n) is 7.27. The molecule has 1 heterocycles. The molecule has 0 aromatic heterocycles. The lowest BCUT2D eigenvalue weighted by Gasteiger charge is -2.39. The van der Waals surface area contributed by atoms with Gasteiger partial charge in [0, 0.05) is 12.8 Å². The van der Waals surface area contributed by atoms with Crippen LogP contribution >= 0.6 is 0 Å². The first-order chi connectivity index (χ1) is 30.3. The summed E-state index contributed by atoms with van der Waals surface area (Å²) in [6.45, 7) is 3.29. The summed E-state index contributed by atoms with van der Waals surface area (Å²) in [5, 5.41) is 40.2. The Labute approximate surface area is 377 Å². The van der Waals surface area contributed by atoms with Crippen molar-refractivity contribution in [1.82, 2.24) is 0 Å². The molecule has 0 aromatic carbocycles. The van der Waals surface area contributed by atoms with Crippen LogP contribution in [0.5, 0.6) is 0 Å². The number of hydrogen-bond donors (Lipinski definition) is 4. The molecule has 0 radical (unpaired) electrons. The van der Waals surface area contributed by atoms with Gasteiger partial charge in [-0.3, -0.25) is 9.59 Å². The van der Waals surface area contributed by atoms with E-state index >= 15 is 0 Å². The van der Waals surface area contributed by atoms with Crippen molar-refractivity contribution >= 4 is 11.9 Å². The van der Waals surface area contributed by atoms with Crippen LogP contribution in [0.25, 0.3) is 0 Å². The molecule has 10 heteroatoms. The number of esters is 2. The van der Waals surface area contributed by atoms with E-state index in [9.17, 15) is 30.0 Å². The van der Waals surface area contributed by atoms with Crippen molar-refractivity contribution in [1.29, 1.82) is 0 Å². The summed E-state index contributed by atoms with van der Waals surface area (Å²) in [6.07, 6.45) is 45.1. The lowest BCUT2D eigenvalue weighted by atomic mass is 9.99. The van der Waals surface area contributed by atoms with Gasteiger partial charge in [0.1, 0.15) is 31.0 Å². The Hall–Kier alpha value is -2.60. The first-order valence-electron chi connectivity index (χ1n) is 24.9. The maximum atomic E-state index is 12.8. The van der Waals surface area contributed by atoms with Gasteiger partial charge in [-0.2, -0.15) is 0 Å².